The maximum atomic E-state index is 12.1. The highest BCUT2D eigenvalue weighted by Crippen LogP contribution is 2.26. The summed E-state index contributed by atoms with van der Waals surface area (Å²) >= 11 is 0. The molecule has 0 aromatic heterocycles. The molecular weight excluding hydrogens is 254 g/mol. The van der Waals surface area contributed by atoms with E-state index in [0.29, 0.717) is 22.6 Å². The Morgan fingerprint density at radius 1 is 1.30 bits per heavy atom. The molecule has 0 aliphatic carbocycles. The summed E-state index contributed by atoms with van der Waals surface area (Å²) in [6.07, 6.45) is 5.30. The van der Waals surface area contributed by atoms with Gasteiger partial charge in [-0.15, -0.1) is 6.42 Å². The van der Waals surface area contributed by atoms with Gasteiger partial charge in [0.05, 0.1) is 7.11 Å². The molecule has 4 nitrogen and oxygen atoms in total. The van der Waals surface area contributed by atoms with E-state index in [1.807, 2.05) is 0 Å². The second-order valence-electron chi connectivity index (χ2n) is 4.07. The quantitative estimate of drug-likeness (QED) is 0.840. The predicted octanol–water partition coefficient (Wildman–Crippen LogP) is 2.63. The van der Waals surface area contributed by atoms with Gasteiger partial charge in [0.25, 0.3) is 5.91 Å². The molecule has 20 heavy (non-hydrogen) atoms. The molecular formula is C16H13NO3. The smallest absolute Gasteiger partial charge is 0.255 e. The number of hydrogen-bond donors (Lipinski definition) is 2. The lowest BCUT2D eigenvalue weighted by Gasteiger charge is -2.08. The molecule has 0 spiro atoms. The van der Waals surface area contributed by atoms with Crippen LogP contribution in [0.15, 0.2) is 42.5 Å². The third-order valence-electron chi connectivity index (χ3n) is 2.73. The van der Waals surface area contributed by atoms with Crippen molar-refractivity contribution in [2.45, 2.75) is 0 Å². The minimum atomic E-state index is -0.336. The first-order valence-electron chi connectivity index (χ1n) is 5.89. The summed E-state index contributed by atoms with van der Waals surface area (Å²) in [6.45, 7) is 0. The number of carbonyl (C=O) groups is 1. The number of phenols is 1. The number of amides is 1. The highest BCUT2D eigenvalue weighted by atomic mass is 16.5. The minimum absolute atomic E-state index is 0.0856. The van der Waals surface area contributed by atoms with E-state index in [4.69, 9.17) is 11.2 Å². The average Bonchev–Trinajstić information content (AvgIpc) is 2.47. The summed E-state index contributed by atoms with van der Waals surface area (Å²) < 4.78 is 4.92. The number of nitrogens with one attached hydrogen (secondary N) is 1. The molecule has 0 fully saturated rings. The van der Waals surface area contributed by atoms with Crippen LogP contribution in [0.25, 0.3) is 0 Å². The van der Waals surface area contributed by atoms with Crippen LogP contribution < -0.4 is 10.1 Å². The van der Waals surface area contributed by atoms with Gasteiger partial charge in [0.2, 0.25) is 0 Å². The molecule has 0 atom stereocenters. The first-order chi connectivity index (χ1) is 9.63. The van der Waals surface area contributed by atoms with Gasteiger partial charge in [0, 0.05) is 16.8 Å². The molecule has 0 bridgehead atoms. The van der Waals surface area contributed by atoms with Crippen molar-refractivity contribution >= 4 is 11.6 Å². The van der Waals surface area contributed by atoms with Crippen LogP contribution in [0.5, 0.6) is 11.5 Å². The van der Waals surface area contributed by atoms with E-state index in [2.05, 4.69) is 11.2 Å². The number of phenolic OH excluding ortho intramolecular Hbond substituents is 1. The number of ether oxygens (including phenoxy) is 1. The number of anilines is 1. The van der Waals surface area contributed by atoms with E-state index in [0.717, 1.165) is 0 Å². The van der Waals surface area contributed by atoms with Gasteiger partial charge in [-0.2, -0.15) is 0 Å². The lowest BCUT2D eigenvalue weighted by Crippen LogP contribution is -2.11. The summed E-state index contributed by atoms with van der Waals surface area (Å²) in [7, 11) is 1.44. The highest BCUT2D eigenvalue weighted by Gasteiger charge is 2.10. The average molecular weight is 267 g/mol. The van der Waals surface area contributed by atoms with E-state index >= 15 is 0 Å². The molecule has 0 radical (unpaired) electrons. The van der Waals surface area contributed by atoms with Gasteiger partial charge in [0.15, 0.2) is 11.5 Å². The zero-order valence-electron chi connectivity index (χ0n) is 10.9. The van der Waals surface area contributed by atoms with Gasteiger partial charge in [-0.05, 0) is 36.4 Å². The van der Waals surface area contributed by atoms with Crippen LogP contribution in [0.1, 0.15) is 15.9 Å². The van der Waals surface area contributed by atoms with Crippen molar-refractivity contribution in [2.75, 3.05) is 12.4 Å². The van der Waals surface area contributed by atoms with E-state index in [1.54, 1.807) is 30.3 Å². The van der Waals surface area contributed by atoms with Gasteiger partial charge in [-0.1, -0.05) is 12.0 Å². The third kappa shape index (κ3) is 2.90. The Kier molecular flexibility index (Phi) is 3.92. The van der Waals surface area contributed by atoms with Crippen molar-refractivity contribution in [1.29, 1.82) is 0 Å². The standard InChI is InChI=1S/C16H13NO3/c1-3-11-5-4-6-13(9-11)17-16(19)12-7-8-15(20-2)14(18)10-12/h1,4-10,18H,2H3,(H,17,19). The van der Waals surface area contributed by atoms with Crippen molar-refractivity contribution in [3.8, 4) is 23.8 Å². The summed E-state index contributed by atoms with van der Waals surface area (Å²) in [6, 6.07) is 11.4. The maximum Gasteiger partial charge on any atom is 0.255 e. The van der Waals surface area contributed by atoms with Crippen LogP contribution in [-0.4, -0.2) is 18.1 Å². The normalized spacial score (nSPS) is 9.60. The molecule has 100 valence electrons. The summed E-state index contributed by atoms with van der Waals surface area (Å²) in [5.41, 5.74) is 1.61. The van der Waals surface area contributed by atoms with Gasteiger partial charge in [-0.3, -0.25) is 4.79 Å². The number of hydrogen-bond acceptors (Lipinski definition) is 3. The van der Waals surface area contributed by atoms with E-state index < -0.39 is 0 Å². The molecule has 0 saturated carbocycles. The van der Waals surface area contributed by atoms with Crippen LogP contribution >= 0.6 is 0 Å². The van der Waals surface area contributed by atoms with Gasteiger partial charge >= 0.3 is 0 Å². The van der Waals surface area contributed by atoms with Gasteiger partial charge in [0.1, 0.15) is 0 Å². The van der Waals surface area contributed by atoms with E-state index in [1.165, 1.54) is 19.2 Å². The van der Waals surface area contributed by atoms with Gasteiger partial charge < -0.3 is 15.2 Å². The zero-order valence-corrected chi connectivity index (χ0v) is 10.9. The van der Waals surface area contributed by atoms with Crippen LogP contribution in [0.3, 0.4) is 0 Å². The molecule has 2 rings (SSSR count). The topological polar surface area (TPSA) is 58.6 Å². The van der Waals surface area contributed by atoms with Crippen LogP contribution in [-0.2, 0) is 0 Å². The zero-order chi connectivity index (χ0) is 14.5. The molecule has 0 aliphatic heterocycles. The number of aromatic hydroxyl groups is 1. The first-order valence-corrected chi connectivity index (χ1v) is 5.89. The monoisotopic (exact) mass is 267 g/mol. The molecule has 1 amide bonds. The lowest BCUT2D eigenvalue weighted by atomic mass is 10.1. The molecule has 2 aromatic rings. The Labute approximate surface area is 117 Å². The summed E-state index contributed by atoms with van der Waals surface area (Å²) in [5.74, 6) is 2.39. The largest absolute Gasteiger partial charge is 0.504 e. The van der Waals surface area contributed by atoms with E-state index in [9.17, 15) is 9.90 Å². The Morgan fingerprint density at radius 3 is 2.75 bits per heavy atom. The number of rotatable bonds is 3. The number of methoxy groups -OCH3 is 1. The second-order valence-corrected chi connectivity index (χ2v) is 4.07. The molecule has 2 aromatic carbocycles. The summed E-state index contributed by atoms with van der Waals surface area (Å²) in [4.78, 5) is 12.1. The molecule has 0 aliphatic rings. The molecule has 2 N–H and O–H groups in total. The number of benzene rings is 2. The third-order valence-corrected chi connectivity index (χ3v) is 2.73. The minimum Gasteiger partial charge on any atom is -0.504 e. The molecule has 0 unspecified atom stereocenters. The first kappa shape index (κ1) is 13.5. The van der Waals surface area contributed by atoms with Crippen molar-refractivity contribution < 1.29 is 14.6 Å². The van der Waals surface area contributed by atoms with Crippen LogP contribution in [0, 0.1) is 12.3 Å². The van der Waals surface area contributed by atoms with Crippen molar-refractivity contribution in [3.63, 3.8) is 0 Å². The van der Waals surface area contributed by atoms with Gasteiger partial charge in [-0.25, -0.2) is 0 Å². The molecule has 0 heterocycles. The fourth-order valence-electron chi connectivity index (χ4n) is 1.72. The number of carbonyl (C=O) groups excluding carboxylic acids is 1. The Hall–Kier alpha value is -2.93. The SMILES string of the molecule is C#Cc1cccc(NC(=O)c2ccc(OC)c(O)c2)c1. The van der Waals surface area contributed by atoms with Crippen LogP contribution in [0.4, 0.5) is 5.69 Å². The molecule has 0 saturated heterocycles. The highest BCUT2D eigenvalue weighted by molar-refractivity contribution is 6.04. The summed E-state index contributed by atoms with van der Waals surface area (Å²) in [5, 5.41) is 12.4. The molecule has 4 heteroatoms. The Bertz CT molecular complexity index is 686. The van der Waals surface area contributed by atoms with Crippen LogP contribution in [0.2, 0.25) is 0 Å². The van der Waals surface area contributed by atoms with E-state index in [-0.39, 0.29) is 11.7 Å². The van der Waals surface area contributed by atoms with Crippen molar-refractivity contribution in [2.24, 2.45) is 0 Å². The second kappa shape index (κ2) is 5.81. The Balaban J connectivity index is 2.19. The Morgan fingerprint density at radius 2 is 2.10 bits per heavy atom. The predicted molar refractivity (Wildman–Crippen MR) is 77.0 cm³/mol. The number of terminal acetylenes is 1. The fourth-order valence-corrected chi connectivity index (χ4v) is 1.72. The fraction of sp³-hybridized carbons (Fsp3) is 0.0625. The van der Waals surface area contributed by atoms with Crippen molar-refractivity contribution in [1.82, 2.24) is 0 Å². The lowest BCUT2D eigenvalue weighted by molar-refractivity contribution is 0.102. The van der Waals surface area contributed by atoms with Crippen molar-refractivity contribution in [3.05, 3.63) is 53.6 Å². The maximum absolute atomic E-state index is 12.1.